The van der Waals surface area contributed by atoms with Crippen LogP contribution >= 0.6 is 22.9 Å². The van der Waals surface area contributed by atoms with Gasteiger partial charge in [0.25, 0.3) is 0 Å². The number of hydrogen-bond acceptors (Lipinski definition) is 4. The van der Waals surface area contributed by atoms with Crippen molar-refractivity contribution in [3.63, 3.8) is 0 Å². The van der Waals surface area contributed by atoms with E-state index in [9.17, 15) is 9.59 Å². The van der Waals surface area contributed by atoms with Crippen LogP contribution in [0.3, 0.4) is 0 Å². The Labute approximate surface area is 146 Å². The number of rotatable bonds is 2. The Morgan fingerprint density at radius 1 is 1.25 bits per heavy atom. The average Bonchev–Trinajstić information content (AvgIpc) is 3.06. The maximum Gasteiger partial charge on any atom is 0.308 e. The highest BCUT2D eigenvalue weighted by Crippen LogP contribution is 2.33. The number of aliphatic carboxylic acids is 1. The lowest BCUT2D eigenvalue weighted by Gasteiger charge is -2.18. The molecule has 2 heterocycles. The lowest BCUT2D eigenvalue weighted by atomic mass is 10.1. The molecule has 0 spiro atoms. The summed E-state index contributed by atoms with van der Waals surface area (Å²) in [5, 5.41) is 11.0. The quantitative estimate of drug-likeness (QED) is 0.703. The highest BCUT2D eigenvalue weighted by atomic mass is 35.5. The lowest BCUT2D eigenvalue weighted by molar-refractivity contribution is -0.140. The number of halogens is 1. The normalized spacial score (nSPS) is 17.7. The Morgan fingerprint density at radius 2 is 2.08 bits per heavy atom. The Kier molecular flexibility index (Phi) is 3.70. The third-order valence-corrected chi connectivity index (χ3v) is 6.16. The van der Waals surface area contributed by atoms with Crippen LogP contribution in [0.25, 0.3) is 20.2 Å². The van der Waals surface area contributed by atoms with Crippen LogP contribution in [-0.4, -0.2) is 24.2 Å². The second kappa shape index (κ2) is 5.76. The van der Waals surface area contributed by atoms with Gasteiger partial charge in [-0.2, -0.15) is 0 Å². The molecule has 1 atom stereocenters. The predicted octanol–water partition coefficient (Wildman–Crippen LogP) is 3.98. The summed E-state index contributed by atoms with van der Waals surface area (Å²) >= 11 is 7.74. The molecule has 1 aromatic heterocycles. The van der Waals surface area contributed by atoms with Gasteiger partial charge in [-0.25, -0.2) is 0 Å². The Morgan fingerprint density at radius 3 is 2.83 bits per heavy atom. The molecule has 0 saturated carbocycles. The van der Waals surface area contributed by atoms with Gasteiger partial charge in [-0.15, -0.1) is 11.3 Å². The van der Waals surface area contributed by atoms with Crippen molar-refractivity contribution < 1.29 is 9.90 Å². The first-order valence-corrected chi connectivity index (χ1v) is 8.87. The number of nitrogens with zero attached hydrogens (tertiary/aromatic N) is 1. The summed E-state index contributed by atoms with van der Waals surface area (Å²) in [6, 6.07) is 11.1. The van der Waals surface area contributed by atoms with Crippen molar-refractivity contribution >= 4 is 54.8 Å². The molecule has 24 heavy (non-hydrogen) atoms. The lowest BCUT2D eigenvalue weighted by Crippen LogP contribution is -2.22. The van der Waals surface area contributed by atoms with Crippen LogP contribution in [0.15, 0.2) is 41.2 Å². The van der Waals surface area contributed by atoms with Gasteiger partial charge in [-0.05, 0) is 36.8 Å². The number of carboxylic acids is 1. The summed E-state index contributed by atoms with van der Waals surface area (Å²) in [7, 11) is 0. The maximum atomic E-state index is 12.7. The van der Waals surface area contributed by atoms with Crippen LogP contribution in [-0.2, 0) is 4.79 Å². The number of benzene rings is 2. The van der Waals surface area contributed by atoms with E-state index in [0.29, 0.717) is 35.3 Å². The molecule has 0 unspecified atom stereocenters. The first-order valence-electron chi connectivity index (χ1n) is 7.67. The standard InChI is InChI=1S/C18H14ClNO3S/c19-14-3-1-2-13-16(21)12-5-4-11(8-15(12)24-17(13)14)20-7-6-10(9-20)18(22)23/h1-5,8,10H,6-7,9H2,(H,22,23)/t10-/m1/s1. The topological polar surface area (TPSA) is 57.6 Å². The minimum Gasteiger partial charge on any atom is -0.481 e. The van der Waals surface area contributed by atoms with Crippen molar-refractivity contribution in [1.29, 1.82) is 0 Å². The van der Waals surface area contributed by atoms with E-state index in [1.807, 2.05) is 18.2 Å². The van der Waals surface area contributed by atoms with E-state index < -0.39 is 5.97 Å². The molecule has 4 nitrogen and oxygen atoms in total. The molecular formula is C18H14ClNO3S. The molecule has 0 aliphatic carbocycles. The monoisotopic (exact) mass is 359 g/mol. The van der Waals surface area contributed by atoms with E-state index in [1.165, 1.54) is 11.3 Å². The van der Waals surface area contributed by atoms with E-state index in [2.05, 4.69) is 4.90 Å². The van der Waals surface area contributed by atoms with E-state index in [1.54, 1.807) is 18.2 Å². The summed E-state index contributed by atoms with van der Waals surface area (Å²) in [6.07, 6.45) is 0.646. The molecule has 3 aromatic rings. The maximum absolute atomic E-state index is 12.7. The smallest absolute Gasteiger partial charge is 0.308 e. The molecule has 1 aliphatic rings. The zero-order valence-electron chi connectivity index (χ0n) is 12.7. The first-order chi connectivity index (χ1) is 11.5. The summed E-state index contributed by atoms with van der Waals surface area (Å²) in [5.41, 5.74) is 0.936. The van der Waals surface area contributed by atoms with Crippen molar-refractivity contribution in [1.82, 2.24) is 0 Å². The van der Waals surface area contributed by atoms with E-state index in [-0.39, 0.29) is 11.3 Å². The molecule has 6 heteroatoms. The summed E-state index contributed by atoms with van der Waals surface area (Å²) < 4.78 is 1.66. The highest BCUT2D eigenvalue weighted by molar-refractivity contribution is 7.25. The van der Waals surface area contributed by atoms with Gasteiger partial charge in [0.1, 0.15) is 0 Å². The third-order valence-electron chi connectivity index (χ3n) is 4.54. The molecule has 1 saturated heterocycles. The van der Waals surface area contributed by atoms with Crippen LogP contribution < -0.4 is 10.3 Å². The molecule has 1 aliphatic heterocycles. The van der Waals surface area contributed by atoms with E-state index in [4.69, 9.17) is 16.7 Å². The fourth-order valence-corrected chi connectivity index (χ4v) is 4.62. The summed E-state index contributed by atoms with van der Waals surface area (Å²) in [6.45, 7) is 1.22. The second-order valence-electron chi connectivity index (χ2n) is 6.00. The number of fused-ring (bicyclic) bond motifs is 2. The van der Waals surface area contributed by atoms with E-state index in [0.717, 1.165) is 15.1 Å². The molecule has 4 rings (SSSR count). The summed E-state index contributed by atoms with van der Waals surface area (Å²) in [4.78, 5) is 25.9. The van der Waals surface area contributed by atoms with Gasteiger partial charge in [0.2, 0.25) is 0 Å². The molecule has 122 valence electrons. The van der Waals surface area contributed by atoms with Crippen molar-refractivity contribution in [2.45, 2.75) is 6.42 Å². The van der Waals surface area contributed by atoms with Crippen LogP contribution in [0.2, 0.25) is 5.02 Å². The molecular weight excluding hydrogens is 346 g/mol. The zero-order chi connectivity index (χ0) is 16.8. The minimum atomic E-state index is -0.749. The fourth-order valence-electron chi connectivity index (χ4n) is 3.22. The van der Waals surface area contributed by atoms with Gasteiger partial charge in [-0.1, -0.05) is 17.7 Å². The van der Waals surface area contributed by atoms with E-state index >= 15 is 0 Å². The number of anilines is 1. The predicted molar refractivity (Wildman–Crippen MR) is 98.6 cm³/mol. The van der Waals surface area contributed by atoms with Gasteiger partial charge in [0.05, 0.1) is 15.6 Å². The number of carboxylic acid groups (broad SMARTS) is 1. The fraction of sp³-hybridized carbons (Fsp3) is 0.222. The van der Waals surface area contributed by atoms with Crippen LogP contribution in [0, 0.1) is 5.92 Å². The van der Waals surface area contributed by atoms with Gasteiger partial charge in [0.15, 0.2) is 5.43 Å². The highest BCUT2D eigenvalue weighted by Gasteiger charge is 2.28. The zero-order valence-corrected chi connectivity index (χ0v) is 14.2. The SMILES string of the molecule is O=C(O)[C@@H]1CCN(c2ccc3c(=O)c4cccc(Cl)c4sc3c2)C1. The molecule has 1 fully saturated rings. The van der Waals surface area contributed by atoms with Gasteiger partial charge >= 0.3 is 5.97 Å². The average molecular weight is 360 g/mol. The van der Waals surface area contributed by atoms with Crippen molar-refractivity contribution in [2.75, 3.05) is 18.0 Å². The van der Waals surface area contributed by atoms with Crippen LogP contribution in [0.1, 0.15) is 6.42 Å². The Hall–Kier alpha value is -2.11. The van der Waals surface area contributed by atoms with Gasteiger partial charge in [-0.3, -0.25) is 9.59 Å². The summed E-state index contributed by atoms with van der Waals surface area (Å²) in [5.74, 6) is -1.08. The van der Waals surface area contributed by atoms with Gasteiger partial charge < -0.3 is 10.0 Å². The molecule has 0 bridgehead atoms. The Bertz CT molecular complexity index is 1030. The second-order valence-corrected chi connectivity index (χ2v) is 7.46. The first kappa shape index (κ1) is 15.4. The molecule has 0 radical (unpaired) electrons. The minimum absolute atomic E-state index is 0.0161. The van der Waals surface area contributed by atoms with Gasteiger partial charge in [0, 0.05) is 34.2 Å². The van der Waals surface area contributed by atoms with Crippen molar-refractivity contribution in [3.8, 4) is 0 Å². The Balaban J connectivity index is 1.84. The third kappa shape index (κ3) is 2.44. The largest absolute Gasteiger partial charge is 0.481 e. The molecule has 1 N–H and O–H groups in total. The van der Waals surface area contributed by atoms with Crippen LogP contribution in [0.4, 0.5) is 5.69 Å². The van der Waals surface area contributed by atoms with Crippen molar-refractivity contribution in [3.05, 3.63) is 51.6 Å². The number of carbonyl (C=O) groups is 1. The molecule has 0 amide bonds. The molecule has 2 aromatic carbocycles. The van der Waals surface area contributed by atoms with Crippen molar-refractivity contribution in [2.24, 2.45) is 5.92 Å². The van der Waals surface area contributed by atoms with Crippen LogP contribution in [0.5, 0.6) is 0 Å². The number of hydrogen-bond donors (Lipinski definition) is 1.